The Balaban J connectivity index is 2.52. The second-order valence-corrected chi connectivity index (χ2v) is 5.07. The van der Waals surface area contributed by atoms with Crippen molar-refractivity contribution in [1.82, 2.24) is 4.90 Å². The summed E-state index contributed by atoms with van der Waals surface area (Å²) in [5.41, 5.74) is 0. The van der Waals surface area contributed by atoms with E-state index in [0.29, 0.717) is 5.00 Å². The maximum atomic E-state index is 12.1. The van der Waals surface area contributed by atoms with Crippen molar-refractivity contribution in [2.45, 2.75) is 19.2 Å². The number of alkyl halides is 3. The van der Waals surface area contributed by atoms with Crippen LogP contribution in [0.15, 0.2) is 12.1 Å². The number of aryl methyl sites for hydroxylation is 1. The number of aliphatic hydroxyl groups is 1. The van der Waals surface area contributed by atoms with E-state index in [1.165, 1.54) is 18.4 Å². The zero-order valence-electron chi connectivity index (χ0n) is 9.78. The van der Waals surface area contributed by atoms with Crippen LogP contribution in [0.2, 0.25) is 0 Å². The molecule has 2 amide bonds. The Morgan fingerprint density at radius 2 is 2.17 bits per heavy atom. The van der Waals surface area contributed by atoms with E-state index in [1.807, 2.05) is 6.92 Å². The van der Waals surface area contributed by atoms with Gasteiger partial charge in [-0.2, -0.15) is 13.2 Å². The monoisotopic (exact) mass is 282 g/mol. The molecule has 4 nitrogen and oxygen atoms in total. The Morgan fingerprint density at radius 3 is 2.61 bits per heavy atom. The van der Waals surface area contributed by atoms with Gasteiger partial charge in [-0.3, -0.25) is 5.32 Å². The number of nitrogens with zero attached hydrogens (tertiary/aromatic N) is 1. The number of halogens is 3. The van der Waals surface area contributed by atoms with Gasteiger partial charge in [-0.25, -0.2) is 4.79 Å². The minimum atomic E-state index is -4.73. The Morgan fingerprint density at radius 1 is 1.56 bits per heavy atom. The summed E-state index contributed by atoms with van der Waals surface area (Å²) in [5, 5.41) is 11.8. The summed E-state index contributed by atoms with van der Waals surface area (Å²) in [6, 6.07) is 2.75. The van der Waals surface area contributed by atoms with Crippen molar-refractivity contribution < 1.29 is 23.1 Å². The summed E-state index contributed by atoms with van der Waals surface area (Å²) in [4.78, 5) is 13.3. The molecule has 0 aliphatic carbocycles. The lowest BCUT2D eigenvalue weighted by Gasteiger charge is -2.22. The van der Waals surface area contributed by atoms with Crippen molar-refractivity contribution >= 4 is 22.4 Å². The van der Waals surface area contributed by atoms with Gasteiger partial charge in [0.05, 0.1) is 11.5 Å². The van der Waals surface area contributed by atoms with E-state index in [9.17, 15) is 18.0 Å². The van der Waals surface area contributed by atoms with E-state index in [1.54, 1.807) is 12.1 Å². The van der Waals surface area contributed by atoms with Gasteiger partial charge < -0.3 is 10.0 Å². The van der Waals surface area contributed by atoms with Crippen molar-refractivity contribution in [3.05, 3.63) is 17.0 Å². The quantitative estimate of drug-likeness (QED) is 0.894. The number of rotatable bonds is 3. The van der Waals surface area contributed by atoms with Gasteiger partial charge >= 0.3 is 12.2 Å². The van der Waals surface area contributed by atoms with Crippen LogP contribution in [0.4, 0.5) is 23.0 Å². The number of carbonyl (C=O) groups is 1. The number of anilines is 1. The number of thiophene rings is 1. The first-order valence-electron chi connectivity index (χ1n) is 5.03. The van der Waals surface area contributed by atoms with Gasteiger partial charge in [0.15, 0.2) is 6.10 Å². The maximum absolute atomic E-state index is 12.1. The fourth-order valence-electron chi connectivity index (χ4n) is 1.15. The molecule has 1 aromatic rings. The predicted molar refractivity (Wildman–Crippen MR) is 62.8 cm³/mol. The summed E-state index contributed by atoms with van der Waals surface area (Å²) < 4.78 is 36.3. The Labute approximate surface area is 106 Å². The molecule has 0 saturated heterocycles. The number of likely N-dealkylation sites (N-methyl/N-ethyl adjacent to an activating group) is 1. The number of hydrogen-bond donors (Lipinski definition) is 2. The highest BCUT2D eigenvalue weighted by atomic mass is 32.1. The first-order chi connectivity index (χ1) is 8.20. The van der Waals surface area contributed by atoms with Gasteiger partial charge in [0, 0.05) is 11.9 Å². The number of hydrogen-bond acceptors (Lipinski definition) is 3. The van der Waals surface area contributed by atoms with Gasteiger partial charge in [-0.1, -0.05) is 0 Å². The SMILES string of the molecule is Cc1ccc(NC(=O)N(C)CC(O)C(F)(F)F)s1. The van der Waals surface area contributed by atoms with Crippen LogP contribution in [0, 0.1) is 6.92 Å². The Kier molecular flexibility index (Phi) is 4.58. The largest absolute Gasteiger partial charge is 0.416 e. The maximum Gasteiger partial charge on any atom is 0.416 e. The van der Waals surface area contributed by atoms with Crippen molar-refractivity contribution in [2.24, 2.45) is 0 Å². The summed E-state index contributed by atoms with van der Waals surface area (Å²) in [6.07, 6.45) is -7.27. The lowest BCUT2D eigenvalue weighted by molar-refractivity contribution is -0.205. The van der Waals surface area contributed by atoms with Crippen LogP contribution in [-0.4, -0.2) is 41.9 Å². The second-order valence-electron chi connectivity index (χ2n) is 3.78. The lowest BCUT2D eigenvalue weighted by atomic mass is 10.3. The average Bonchev–Trinajstić information content (AvgIpc) is 2.62. The lowest BCUT2D eigenvalue weighted by Crippen LogP contribution is -2.43. The van der Waals surface area contributed by atoms with E-state index in [-0.39, 0.29) is 0 Å². The molecule has 0 aromatic carbocycles. The molecule has 0 fully saturated rings. The third-order valence-corrected chi connectivity index (χ3v) is 3.06. The minimum absolute atomic E-state index is 0.547. The van der Waals surface area contributed by atoms with Crippen LogP contribution in [0.3, 0.4) is 0 Å². The molecule has 8 heteroatoms. The van der Waals surface area contributed by atoms with E-state index < -0.39 is 24.9 Å². The average molecular weight is 282 g/mol. The van der Waals surface area contributed by atoms with Crippen LogP contribution in [-0.2, 0) is 0 Å². The molecule has 1 unspecified atom stereocenters. The van der Waals surface area contributed by atoms with Gasteiger partial charge in [0.2, 0.25) is 0 Å². The normalized spacial score (nSPS) is 13.2. The molecule has 0 radical (unpaired) electrons. The molecule has 1 aromatic heterocycles. The molecule has 1 atom stereocenters. The molecule has 18 heavy (non-hydrogen) atoms. The summed E-state index contributed by atoms with van der Waals surface area (Å²) in [5.74, 6) is 0. The number of nitrogens with one attached hydrogen (secondary N) is 1. The molecule has 0 spiro atoms. The molecule has 0 aliphatic rings. The topological polar surface area (TPSA) is 52.6 Å². The van der Waals surface area contributed by atoms with Crippen molar-refractivity contribution in [2.75, 3.05) is 18.9 Å². The highest BCUT2D eigenvalue weighted by Crippen LogP contribution is 2.22. The third-order valence-electron chi connectivity index (χ3n) is 2.14. The molecule has 0 saturated carbocycles. The van der Waals surface area contributed by atoms with Gasteiger partial charge in [-0.05, 0) is 19.1 Å². The van der Waals surface area contributed by atoms with Crippen molar-refractivity contribution in [3.63, 3.8) is 0 Å². The standard InChI is InChI=1S/C10H13F3N2O2S/c1-6-3-4-8(18-6)14-9(17)15(2)5-7(16)10(11,12)13/h3-4,7,16H,5H2,1-2H3,(H,14,17). The highest BCUT2D eigenvalue weighted by molar-refractivity contribution is 7.16. The van der Waals surface area contributed by atoms with E-state index in [4.69, 9.17) is 5.11 Å². The Hall–Kier alpha value is -1.28. The first-order valence-corrected chi connectivity index (χ1v) is 5.85. The minimum Gasteiger partial charge on any atom is -0.382 e. The van der Waals surface area contributed by atoms with Crippen LogP contribution in [0.5, 0.6) is 0 Å². The molecular weight excluding hydrogens is 269 g/mol. The molecule has 0 aliphatic heterocycles. The van der Waals surface area contributed by atoms with Gasteiger partial charge in [-0.15, -0.1) is 11.3 Å². The molecule has 102 valence electrons. The van der Waals surface area contributed by atoms with Crippen LogP contribution in [0.25, 0.3) is 0 Å². The van der Waals surface area contributed by atoms with Crippen LogP contribution >= 0.6 is 11.3 Å². The van der Waals surface area contributed by atoms with Crippen molar-refractivity contribution in [1.29, 1.82) is 0 Å². The molecule has 1 heterocycles. The molecular formula is C10H13F3N2O2S. The first kappa shape index (κ1) is 14.8. The summed E-state index contributed by atoms with van der Waals surface area (Å²) >= 11 is 1.31. The zero-order chi connectivity index (χ0) is 13.9. The molecule has 2 N–H and O–H groups in total. The molecule has 0 bridgehead atoms. The predicted octanol–water partition coefficient (Wildman–Crippen LogP) is 2.44. The zero-order valence-corrected chi connectivity index (χ0v) is 10.6. The van der Waals surface area contributed by atoms with E-state index >= 15 is 0 Å². The van der Waals surface area contributed by atoms with Gasteiger partial charge in [0.1, 0.15) is 0 Å². The van der Waals surface area contributed by atoms with Crippen LogP contribution in [0.1, 0.15) is 4.88 Å². The van der Waals surface area contributed by atoms with Crippen LogP contribution < -0.4 is 5.32 Å². The smallest absolute Gasteiger partial charge is 0.382 e. The fraction of sp³-hybridized carbons (Fsp3) is 0.500. The second kappa shape index (κ2) is 5.57. The van der Waals surface area contributed by atoms with Gasteiger partial charge in [0.25, 0.3) is 0 Å². The number of amides is 2. The summed E-state index contributed by atoms with van der Waals surface area (Å²) in [6.45, 7) is 1.04. The number of urea groups is 1. The highest BCUT2D eigenvalue weighted by Gasteiger charge is 2.39. The number of carbonyl (C=O) groups excluding carboxylic acids is 1. The van der Waals surface area contributed by atoms with Crippen molar-refractivity contribution in [3.8, 4) is 0 Å². The van der Waals surface area contributed by atoms with E-state index in [0.717, 1.165) is 9.78 Å². The molecule has 1 rings (SSSR count). The third kappa shape index (κ3) is 4.19. The Bertz CT molecular complexity index is 420. The number of aliphatic hydroxyl groups excluding tert-OH is 1. The summed E-state index contributed by atoms with van der Waals surface area (Å²) in [7, 11) is 1.19. The fourth-order valence-corrected chi connectivity index (χ4v) is 1.91. The van der Waals surface area contributed by atoms with E-state index in [2.05, 4.69) is 5.32 Å².